The van der Waals surface area contributed by atoms with Gasteiger partial charge in [0.05, 0.1) is 0 Å². The van der Waals surface area contributed by atoms with Crippen LogP contribution in [-0.4, -0.2) is 16.0 Å². The van der Waals surface area contributed by atoms with E-state index in [2.05, 4.69) is 39.9 Å². The summed E-state index contributed by atoms with van der Waals surface area (Å²) in [6, 6.07) is 30.9. The fraction of sp³-hybridized carbons (Fsp3) is 0. The number of benzene rings is 4. The van der Waals surface area contributed by atoms with E-state index >= 15 is 0 Å². The van der Waals surface area contributed by atoms with E-state index in [0.29, 0.717) is 27.7 Å². The van der Waals surface area contributed by atoms with Crippen LogP contribution in [0.5, 0.6) is 0 Å². The smallest absolute Gasteiger partial charge is 0.250 e. The topological polar surface area (TPSA) is 67.2 Å². The largest absolute Gasteiger partial charge is 0.436 e. The van der Waals surface area contributed by atoms with Gasteiger partial charge in [-0.15, -0.1) is 0 Å². The Kier molecular flexibility index (Phi) is 6.89. The third-order valence-electron chi connectivity index (χ3n) is 5.42. The van der Waals surface area contributed by atoms with Crippen LogP contribution < -0.4 is 10.6 Å². The van der Waals surface area contributed by atoms with Crippen LogP contribution in [0.25, 0.3) is 39.8 Å². The average Bonchev–Trinajstić information content (AvgIpc) is 3.32. The van der Waals surface area contributed by atoms with Gasteiger partial charge < -0.3 is 9.73 Å². The van der Waals surface area contributed by atoms with Gasteiger partial charge >= 0.3 is 0 Å². The number of fused-ring (bicyclic) bond motifs is 1. The second kappa shape index (κ2) is 10.6. The molecule has 4 aromatic carbocycles. The minimum Gasteiger partial charge on any atom is -0.436 e. The molecule has 1 heterocycles. The Hall–Kier alpha value is -4.26. The van der Waals surface area contributed by atoms with E-state index in [4.69, 9.17) is 28.2 Å². The van der Waals surface area contributed by atoms with Crippen molar-refractivity contribution in [2.24, 2.45) is 0 Å². The van der Waals surface area contributed by atoms with Crippen LogP contribution in [0.1, 0.15) is 5.56 Å². The fourth-order valence-electron chi connectivity index (χ4n) is 3.63. The molecule has 0 atom stereocenters. The van der Waals surface area contributed by atoms with E-state index in [0.717, 1.165) is 22.3 Å². The molecule has 5 nitrogen and oxygen atoms in total. The summed E-state index contributed by atoms with van der Waals surface area (Å²) in [5.74, 6) is 0.191. The lowest BCUT2D eigenvalue weighted by atomic mass is 10.0. The molecule has 2 N–H and O–H groups in total. The summed E-state index contributed by atoms with van der Waals surface area (Å²) < 4.78 is 5.95. The number of hydrogen-bond donors (Lipinski definition) is 2. The molecule has 1 amide bonds. The zero-order chi connectivity index (χ0) is 24.9. The first-order valence-corrected chi connectivity index (χ1v) is 11.9. The highest BCUT2D eigenvalue weighted by molar-refractivity contribution is 7.80. The molecule has 1 aromatic heterocycles. The van der Waals surface area contributed by atoms with Crippen molar-refractivity contribution in [3.8, 4) is 22.6 Å². The van der Waals surface area contributed by atoms with E-state index in [9.17, 15) is 4.79 Å². The molecule has 0 aliphatic heterocycles. The number of halogens is 1. The second-order valence-electron chi connectivity index (χ2n) is 7.97. The zero-order valence-electron chi connectivity index (χ0n) is 18.9. The van der Waals surface area contributed by atoms with Crippen LogP contribution in [0.2, 0.25) is 5.02 Å². The maximum absolute atomic E-state index is 12.2. The molecule has 0 radical (unpaired) electrons. The molecule has 0 aliphatic carbocycles. The number of rotatable bonds is 5. The fourth-order valence-corrected chi connectivity index (χ4v) is 3.97. The summed E-state index contributed by atoms with van der Waals surface area (Å²) in [7, 11) is 0. The third-order valence-corrected chi connectivity index (χ3v) is 5.87. The third kappa shape index (κ3) is 5.68. The Morgan fingerprint density at radius 1 is 0.861 bits per heavy atom. The molecular formula is C29H20ClN3O2S. The number of oxazole rings is 1. The Morgan fingerprint density at radius 3 is 2.31 bits per heavy atom. The van der Waals surface area contributed by atoms with E-state index in [1.54, 1.807) is 18.2 Å². The molecule has 36 heavy (non-hydrogen) atoms. The highest BCUT2D eigenvalue weighted by atomic mass is 35.5. The Labute approximate surface area is 218 Å². The summed E-state index contributed by atoms with van der Waals surface area (Å²) in [6.07, 6.45) is 3.09. The SMILES string of the molecule is O=C(/C=C/c1ccc(Cl)cc1)NC(=S)Nc1ccc2oc(-c3ccc(-c4ccccc4)cc3)nc2c1. The van der Waals surface area contributed by atoms with Gasteiger partial charge in [-0.3, -0.25) is 10.1 Å². The van der Waals surface area contributed by atoms with Gasteiger partial charge in [0.2, 0.25) is 11.8 Å². The van der Waals surface area contributed by atoms with Crippen molar-refractivity contribution in [2.45, 2.75) is 0 Å². The number of carbonyl (C=O) groups is 1. The van der Waals surface area contributed by atoms with Crippen molar-refractivity contribution in [2.75, 3.05) is 5.32 Å². The van der Waals surface area contributed by atoms with Gasteiger partial charge in [0, 0.05) is 22.3 Å². The molecule has 5 rings (SSSR count). The summed E-state index contributed by atoms with van der Waals surface area (Å²) in [6.45, 7) is 0. The molecule has 176 valence electrons. The summed E-state index contributed by atoms with van der Waals surface area (Å²) in [5.41, 5.74) is 6.05. The minimum absolute atomic E-state index is 0.181. The average molecular weight is 510 g/mol. The van der Waals surface area contributed by atoms with Crippen molar-refractivity contribution < 1.29 is 9.21 Å². The quantitative estimate of drug-likeness (QED) is 0.191. The van der Waals surface area contributed by atoms with Gasteiger partial charge in [-0.25, -0.2) is 4.98 Å². The van der Waals surface area contributed by atoms with Gasteiger partial charge in [0.25, 0.3) is 0 Å². The number of amides is 1. The molecule has 7 heteroatoms. The number of hydrogen-bond acceptors (Lipinski definition) is 4. The van der Waals surface area contributed by atoms with Crippen molar-refractivity contribution in [3.05, 3.63) is 114 Å². The number of nitrogens with one attached hydrogen (secondary N) is 2. The van der Waals surface area contributed by atoms with E-state index < -0.39 is 0 Å². The Morgan fingerprint density at radius 2 is 1.56 bits per heavy atom. The number of anilines is 1. The van der Waals surface area contributed by atoms with E-state index in [1.807, 2.05) is 60.7 Å². The molecule has 0 bridgehead atoms. The molecule has 5 aromatic rings. The first-order chi connectivity index (χ1) is 17.5. The summed E-state index contributed by atoms with van der Waals surface area (Å²) in [4.78, 5) is 16.8. The standard InChI is InChI=1S/C29H20ClN3O2S/c30-23-13-6-19(7-14-23)8-17-27(34)33-29(36)31-24-15-16-26-25(18-24)32-28(35-26)22-11-9-21(10-12-22)20-4-2-1-3-5-20/h1-18H,(H2,31,33,34,36)/b17-8+. The Balaban J connectivity index is 1.24. The van der Waals surface area contributed by atoms with Crippen LogP contribution in [0.15, 0.2) is 108 Å². The van der Waals surface area contributed by atoms with Crippen molar-refractivity contribution in [1.82, 2.24) is 10.3 Å². The van der Waals surface area contributed by atoms with Gasteiger partial charge in [-0.05, 0) is 77.4 Å². The number of carbonyl (C=O) groups excluding carboxylic acids is 1. The molecular weight excluding hydrogens is 490 g/mol. The summed E-state index contributed by atoms with van der Waals surface area (Å²) in [5, 5.41) is 6.46. The maximum Gasteiger partial charge on any atom is 0.250 e. The maximum atomic E-state index is 12.2. The molecule has 0 spiro atoms. The molecule has 0 saturated carbocycles. The zero-order valence-corrected chi connectivity index (χ0v) is 20.5. The van der Waals surface area contributed by atoms with E-state index in [-0.39, 0.29) is 11.0 Å². The molecule has 0 fully saturated rings. The highest BCUT2D eigenvalue weighted by Gasteiger charge is 2.10. The molecule has 0 saturated heterocycles. The minimum atomic E-state index is -0.341. The van der Waals surface area contributed by atoms with Gasteiger partial charge in [0.1, 0.15) is 5.52 Å². The van der Waals surface area contributed by atoms with E-state index in [1.165, 1.54) is 6.08 Å². The van der Waals surface area contributed by atoms with Crippen LogP contribution in [0.4, 0.5) is 5.69 Å². The first-order valence-electron chi connectivity index (χ1n) is 11.2. The first kappa shape index (κ1) is 23.5. The van der Waals surface area contributed by atoms with Crippen molar-refractivity contribution in [3.63, 3.8) is 0 Å². The van der Waals surface area contributed by atoms with Crippen molar-refractivity contribution >= 4 is 57.7 Å². The van der Waals surface area contributed by atoms with Crippen LogP contribution >= 0.6 is 23.8 Å². The summed E-state index contributed by atoms with van der Waals surface area (Å²) >= 11 is 11.2. The number of thiocarbonyl (C=S) groups is 1. The predicted octanol–water partition coefficient (Wildman–Crippen LogP) is 7.34. The predicted molar refractivity (Wildman–Crippen MR) is 150 cm³/mol. The number of aromatic nitrogens is 1. The lowest BCUT2D eigenvalue weighted by Gasteiger charge is -2.07. The number of nitrogens with zero attached hydrogens (tertiary/aromatic N) is 1. The van der Waals surface area contributed by atoms with Crippen molar-refractivity contribution in [1.29, 1.82) is 0 Å². The lowest BCUT2D eigenvalue weighted by molar-refractivity contribution is -0.115. The van der Waals surface area contributed by atoms with Crippen LogP contribution in [0.3, 0.4) is 0 Å². The second-order valence-corrected chi connectivity index (χ2v) is 8.82. The normalized spacial score (nSPS) is 11.0. The lowest BCUT2D eigenvalue weighted by Crippen LogP contribution is -2.32. The van der Waals surface area contributed by atoms with Gasteiger partial charge in [-0.1, -0.05) is 66.2 Å². The van der Waals surface area contributed by atoms with Gasteiger partial charge in [0.15, 0.2) is 10.7 Å². The van der Waals surface area contributed by atoms with Crippen LogP contribution in [0, 0.1) is 0 Å². The van der Waals surface area contributed by atoms with Crippen LogP contribution in [-0.2, 0) is 4.79 Å². The highest BCUT2D eigenvalue weighted by Crippen LogP contribution is 2.28. The molecule has 0 aliphatic rings. The molecule has 0 unspecified atom stereocenters. The Bertz CT molecular complexity index is 1560. The van der Waals surface area contributed by atoms with Gasteiger partial charge in [-0.2, -0.15) is 0 Å². The monoisotopic (exact) mass is 509 g/mol.